The Morgan fingerprint density at radius 3 is 2.46 bits per heavy atom. The van der Waals surface area contributed by atoms with Crippen LogP contribution < -0.4 is 11.1 Å². The number of nitrogens with zero attached hydrogens (tertiary/aromatic N) is 1. The minimum atomic E-state index is -0.306. The third kappa shape index (κ3) is 3.67. The minimum absolute atomic E-state index is 0.115. The van der Waals surface area contributed by atoms with Crippen molar-refractivity contribution in [3.63, 3.8) is 0 Å². The molecule has 0 spiro atoms. The van der Waals surface area contributed by atoms with E-state index in [1.54, 1.807) is 12.1 Å². The van der Waals surface area contributed by atoms with Crippen LogP contribution in [-0.2, 0) is 6.42 Å². The van der Waals surface area contributed by atoms with E-state index in [0.717, 1.165) is 18.5 Å². The predicted molar refractivity (Wildman–Crippen MR) is 97.5 cm³/mol. The van der Waals surface area contributed by atoms with Gasteiger partial charge in [-0.2, -0.15) is 0 Å². The average Bonchev–Trinajstić information content (AvgIpc) is 2.59. The summed E-state index contributed by atoms with van der Waals surface area (Å²) in [6, 6.07) is 13.0. The summed E-state index contributed by atoms with van der Waals surface area (Å²) in [6.45, 7) is 0. The second kappa shape index (κ2) is 7.34. The number of para-hydroxylation sites is 1. The van der Waals surface area contributed by atoms with Crippen LogP contribution in [0.2, 0.25) is 0 Å². The summed E-state index contributed by atoms with van der Waals surface area (Å²) >= 11 is 0. The van der Waals surface area contributed by atoms with E-state index in [1.807, 2.05) is 30.3 Å². The van der Waals surface area contributed by atoms with Crippen LogP contribution in [0.25, 0.3) is 0 Å². The largest absolute Gasteiger partial charge is 0.398 e. The Kier molecular flexibility index (Phi) is 4.99. The highest BCUT2D eigenvalue weighted by molar-refractivity contribution is 5.76. The molecule has 0 aliphatic heterocycles. The Labute approximate surface area is 142 Å². The van der Waals surface area contributed by atoms with Gasteiger partial charge in [0.15, 0.2) is 0 Å². The highest BCUT2D eigenvalue weighted by Crippen LogP contribution is 2.38. The van der Waals surface area contributed by atoms with Gasteiger partial charge in [-0.3, -0.25) is 10.1 Å². The number of nitrogens with two attached hydrogens (primary N) is 1. The molecular formula is C19H23N3O2. The first-order valence-corrected chi connectivity index (χ1v) is 8.53. The van der Waals surface area contributed by atoms with Gasteiger partial charge >= 0.3 is 0 Å². The Balaban J connectivity index is 1.94. The average molecular weight is 325 g/mol. The van der Waals surface area contributed by atoms with Crippen molar-refractivity contribution in [3.8, 4) is 0 Å². The van der Waals surface area contributed by atoms with E-state index in [2.05, 4.69) is 5.32 Å². The van der Waals surface area contributed by atoms with Crippen molar-refractivity contribution in [3.05, 3.63) is 58.1 Å². The molecule has 2 aromatic rings. The van der Waals surface area contributed by atoms with Gasteiger partial charge in [-0.25, -0.2) is 0 Å². The van der Waals surface area contributed by atoms with Gasteiger partial charge in [0, 0.05) is 11.4 Å². The van der Waals surface area contributed by atoms with Crippen LogP contribution in [0.1, 0.15) is 37.7 Å². The number of hydrogen-bond acceptors (Lipinski definition) is 4. The summed E-state index contributed by atoms with van der Waals surface area (Å²) in [6.07, 6.45) is 6.64. The molecule has 0 bridgehead atoms. The smallest absolute Gasteiger partial charge is 0.297 e. The van der Waals surface area contributed by atoms with Crippen molar-refractivity contribution in [1.82, 2.24) is 0 Å². The molecule has 1 saturated carbocycles. The van der Waals surface area contributed by atoms with E-state index in [4.69, 9.17) is 5.73 Å². The number of nitro benzene ring substituents is 1. The van der Waals surface area contributed by atoms with Gasteiger partial charge in [0.25, 0.3) is 5.69 Å². The van der Waals surface area contributed by atoms with Crippen LogP contribution in [0.4, 0.5) is 22.7 Å². The number of hydrogen-bond donors (Lipinski definition) is 2. The molecule has 0 amide bonds. The van der Waals surface area contributed by atoms with Gasteiger partial charge in [0.1, 0.15) is 5.69 Å². The first kappa shape index (κ1) is 16.3. The number of benzene rings is 2. The maximum absolute atomic E-state index is 11.7. The lowest BCUT2D eigenvalue weighted by Crippen LogP contribution is -2.13. The maximum Gasteiger partial charge on any atom is 0.297 e. The molecule has 0 heterocycles. The Hall–Kier alpha value is -2.56. The molecule has 1 aliphatic rings. The number of nitro groups is 1. The van der Waals surface area contributed by atoms with Crippen molar-refractivity contribution in [1.29, 1.82) is 0 Å². The second-order valence-electron chi connectivity index (χ2n) is 6.49. The molecule has 3 rings (SSSR count). The summed E-state index contributed by atoms with van der Waals surface area (Å²) in [5.41, 5.74) is 8.75. The van der Waals surface area contributed by atoms with Crippen molar-refractivity contribution in [2.24, 2.45) is 5.92 Å². The third-order valence-corrected chi connectivity index (χ3v) is 4.77. The van der Waals surface area contributed by atoms with E-state index in [0.29, 0.717) is 29.3 Å². The van der Waals surface area contributed by atoms with Crippen molar-refractivity contribution in [2.75, 3.05) is 11.1 Å². The van der Waals surface area contributed by atoms with Crippen LogP contribution in [0.3, 0.4) is 0 Å². The molecule has 5 heteroatoms. The molecule has 1 fully saturated rings. The van der Waals surface area contributed by atoms with Crippen molar-refractivity contribution < 1.29 is 4.92 Å². The first-order valence-electron chi connectivity index (χ1n) is 8.53. The predicted octanol–water partition coefficient (Wildman–Crippen LogP) is 5.04. The topological polar surface area (TPSA) is 81.2 Å². The van der Waals surface area contributed by atoms with Gasteiger partial charge in [-0.05, 0) is 36.6 Å². The number of nitrogens with one attached hydrogen (secondary N) is 1. The molecular weight excluding hydrogens is 302 g/mol. The zero-order chi connectivity index (χ0) is 16.9. The fourth-order valence-electron chi connectivity index (χ4n) is 3.53. The van der Waals surface area contributed by atoms with Crippen LogP contribution >= 0.6 is 0 Å². The molecule has 0 aromatic heterocycles. The second-order valence-corrected chi connectivity index (χ2v) is 6.49. The minimum Gasteiger partial charge on any atom is -0.398 e. The van der Waals surface area contributed by atoms with Crippen LogP contribution in [0, 0.1) is 16.0 Å². The molecule has 2 aromatic carbocycles. The standard InChI is InChI=1S/C19H23N3O2/c20-17-11-12-18(21-15-9-5-2-6-10-15)19(22(23)24)16(17)13-14-7-3-1-4-8-14/h2,5-6,9-12,14,21H,1,3-4,7-8,13,20H2. The summed E-state index contributed by atoms with van der Waals surface area (Å²) in [4.78, 5) is 11.4. The maximum atomic E-state index is 11.7. The van der Waals surface area contributed by atoms with Gasteiger partial charge in [-0.15, -0.1) is 0 Å². The zero-order valence-electron chi connectivity index (χ0n) is 13.7. The fourth-order valence-corrected chi connectivity index (χ4v) is 3.53. The molecule has 126 valence electrons. The lowest BCUT2D eigenvalue weighted by molar-refractivity contribution is -0.384. The lowest BCUT2D eigenvalue weighted by Gasteiger charge is -2.22. The van der Waals surface area contributed by atoms with Crippen LogP contribution in [0.5, 0.6) is 0 Å². The third-order valence-electron chi connectivity index (χ3n) is 4.77. The zero-order valence-corrected chi connectivity index (χ0v) is 13.7. The molecule has 0 radical (unpaired) electrons. The van der Waals surface area contributed by atoms with E-state index in [1.165, 1.54) is 19.3 Å². The molecule has 0 saturated heterocycles. The Morgan fingerprint density at radius 1 is 1.08 bits per heavy atom. The SMILES string of the molecule is Nc1ccc(Nc2ccccc2)c([N+](=O)[O-])c1CC1CCCCC1. The van der Waals surface area contributed by atoms with E-state index in [-0.39, 0.29) is 10.6 Å². The number of nitrogen functional groups attached to an aromatic ring is 1. The van der Waals surface area contributed by atoms with Crippen LogP contribution in [-0.4, -0.2) is 4.92 Å². The highest BCUT2D eigenvalue weighted by atomic mass is 16.6. The van der Waals surface area contributed by atoms with E-state index < -0.39 is 0 Å². The van der Waals surface area contributed by atoms with Crippen molar-refractivity contribution >= 4 is 22.7 Å². The Bertz CT molecular complexity index is 710. The van der Waals surface area contributed by atoms with E-state index >= 15 is 0 Å². The molecule has 5 nitrogen and oxygen atoms in total. The summed E-state index contributed by atoms with van der Waals surface area (Å²) in [7, 11) is 0. The molecule has 1 aliphatic carbocycles. The van der Waals surface area contributed by atoms with Gasteiger partial charge in [-0.1, -0.05) is 50.3 Å². The summed E-state index contributed by atoms with van der Waals surface area (Å²) in [5.74, 6) is 0.492. The lowest BCUT2D eigenvalue weighted by atomic mass is 9.84. The molecule has 0 atom stereocenters. The van der Waals surface area contributed by atoms with Gasteiger partial charge in [0.05, 0.1) is 10.5 Å². The fraction of sp³-hybridized carbons (Fsp3) is 0.368. The monoisotopic (exact) mass is 325 g/mol. The van der Waals surface area contributed by atoms with Gasteiger partial charge < -0.3 is 11.1 Å². The molecule has 3 N–H and O–H groups in total. The number of anilines is 3. The van der Waals surface area contributed by atoms with Gasteiger partial charge in [0.2, 0.25) is 0 Å². The van der Waals surface area contributed by atoms with E-state index in [9.17, 15) is 10.1 Å². The van der Waals surface area contributed by atoms with Crippen molar-refractivity contribution in [2.45, 2.75) is 38.5 Å². The first-order chi connectivity index (χ1) is 11.6. The molecule has 24 heavy (non-hydrogen) atoms. The summed E-state index contributed by atoms with van der Waals surface area (Å²) < 4.78 is 0. The molecule has 0 unspecified atom stereocenters. The van der Waals surface area contributed by atoms with Crippen LogP contribution in [0.15, 0.2) is 42.5 Å². The summed E-state index contributed by atoms with van der Waals surface area (Å²) in [5, 5.41) is 14.9. The Morgan fingerprint density at radius 2 is 1.79 bits per heavy atom. The normalized spacial score (nSPS) is 15.2. The highest BCUT2D eigenvalue weighted by Gasteiger charge is 2.25. The quantitative estimate of drug-likeness (QED) is 0.458. The number of rotatable bonds is 5.